The molecule has 7 heteroatoms. The van der Waals surface area contributed by atoms with Crippen LogP contribution >= 0.6 is 15.9 Å². The number of carbonyl (C=O) groups is 2. The van der Waals surface area contributed by atoms with E-state index < -0.39 is 17.4 Å². The molecule has 0 aliphatic heterocycles. The molecule has 1 aromatic heterocycles. The second-order valence-corrected chi connectivity index (χ2v) is 8.19. The van der Waals surface area contributed by atoms with Gasteiger partial charge in [0.2, 0.25) is 11.2 Å². The molecule has 3 aromatic carbocycles. The fourth-order valence-electron chi connectivity index (χ4n) is 3.31. The molecule has 1 heterocycles. The molecule has 4 rings (SSSR count). The Morgan fingerprint density at radius 3 is 2.30 bits per heavy atom. The number of aryl methyl sites for hydroxylation is 1. The number of halogens is 1. The van der Waals surface area contributed by atoms with Crippen LogP contribution in [0.25, 0.3) is 22.1 Å². The lowest BCUT2D eigenvalue weighted by Crippen LogP contribution is -2.15. The lowest BCUT2D eigenvalue weighted by molar-refractivity contribution is 0.0491. The Morgan fingerprint density at radius 1 is 0.939 bits per heavy atom. The predicted molar refractivity (Wildman–Crippen MR) is 128 cm³/mol. The molecule has 0 amide bonds. The molecule has 0 fully saturated rings. The van der Waals surface area contributed by atoms with Gasteiger partial charge >= 0.3 is 11.9 Å². The van der Waals surface area contributed by atoms with E-state index in [2.05, 4.69) is 15.9 Å². The van der Waals surface area contributed by atoms with Crippen LogP contribution in [0.1, 0.15) is 33.4 Å². The Labute approximate surface area is 197 Å². The van der Waals surface area contributed by atoms with Gasteiger partial charge in [-0.15, -0.1) is 0 Å². The van der Waals surface area contributed by atoms with Crippen LogP contribution in [0.5, 0.6) is 5.75 Å². The molecule has 0 aliphatic rings. The molecule has 4 aromatic rings. The van der Waals surface area contributed by atoms with E-state index in [4.69, 9.17) is 13.9 Å². The van der Waals surface area contributed by atoms with E-state index in [0.717, 1.165) is 10.0 Å². The standard InChI is InChI=1S/C26H19BrO6/c1-3-31-26(30)24-22(16-8-10-18(27)11-9-16)23(28)20-13-12-19(14-21(20)33-24)32-25(29)17-6-4-15(2)5-7-17/h4-14H,3H2,1-2H3. The second kappa shape index (κ2) is 9.42. The molecule has 33 heavy (non-hydrogen) atoms. The fraction of sp³-hybridized carbons (Fsp3) is 0.115. The summed E-state index contributed by atoms with van der Waals surface area (Å²) in [6.07, 6.45) is 0. The van der Waals surface area contributed by atoms with Crippen LogP contribution in [0.2, 0.25) is 0 Å². The Morgan fingerprint density at radius 2 is 1.64 bits per heavy atom. The summed E-state index contributed by atoms with van der Waals surface area (Å²) in [5.41, 5.74) is 1.76. The van der Waals surface area contributed by atoms with Gasteiger partial charge in [-0.2, -0.15) is 0 Å². The van der Waals surface area contributed by atoms with Crippen molar-refractivity contribution in [3.05, 3.63) is 98.3 Å². The SMILES string of the molecule is CCOC(=O)c1oc2cc(OC(=O)c3ccc(C)cc3)ccc2c(=O)c1-c1ccc(Br)cc1. The number of fused-ring (bicyclic) bond motifs is 1. The van der Waals surface area contributed by atoms with E-state index in [1.807, 2.05) is 19.1 Å². The topological polar surface area (TPSA) is 82.8 Å². The first kappa shape index (κ1) is 22.5. The number of esters is 2. The van der Waals surface area contributed by atoms with E-state index in [-0.39, 0.29) is 34.6 Å². The molecule has 0 spiro atoms. The minimum Gasteiger partial charge on any atom is -0.460 e. The minimum absolute atomic E-state index is 0.109. The molecule has 0 atom stereocenters. The molecule has 166 valence electrons. The van der Waals surface area contributed by atoms with Gasteiger partial charge in [-0.25, -0.2) is 9.59 Å². The molecule has 0 saturated heterocycles. The Hall–Kier alpha value is -3.71. The highest BCUT2D eigenvalue weighted by Crippen LogP contribution is 2.28. The number of hydrogen-bond acceptors (Lipinski definition) is 6. The molecule has 0 bridgehead atoms. The van der Waals surface area contributed by atoms with Gasteiger partial charge in [0.1, 0.15) is 11.3 Å². The van der Waals surface area contributed by atoms with E-state index in [0.29, 0.717) is 11.1 Å². The van der Waals surface area contributed by atoms with Gasteiger partial charge in [0.05, 0.1) is 23.1 Å². The maximum Gasteiger partial charge on any atom is 0.375 e. The van der Waals surface area contributed by atoms with E-state index >= 15 is 0 Å². The second-order valence-electron chi connectivity index (χ2n) is 7.28. The third-order valence-electron chi connectivity index (χ3n) is 4.96. The van der Waals surface area contributed by atoms with Crippen molar-refractivity contribution in [3.63, 3.8) is 0 Å². The molecule has 0 unspecified atom stereocenters. The lowest BCUT2D eigenvalue weighted by Gasteiger charge is -2.11. The van der Waals surface area contributed by atoms with Gasteiger partial charge in [0, 0.05) is 10.5 Å². The van der Waals surface area contributed by atoms with Crippen LogP contribution in [0, 0.1) is 6.92 Å². The van der Waals surface area contributed by atoms with Crippen LogP contribution in [0.15, 0.2) is 80.4 Å². The van der Waals surface area contributed by atoms with Crippen LogP contribution in [0.4, 0.5) is 0 Å². The molecular formula is C26H19BrO6. The zero-order valence-electron chi connectivity index (χ0n) is 17.9. The summed E-state index contributed by atoms with van der Waals surface area (Å²) in [6.45, 7) is 3.71. The Bertz CT molecular complexity index is 1400. The number of carbonyl (C=O) groups excluding carboxylic acids is 2. The van der Waals surface area contributed by atoms with Gasteiger partial charge in [-0.05, 0) is 55.8 Å². The first-order valence-electron chi connectivity index (χ1n) is 10.2. The predicted octanol–water partition coefficient (Wildman–Crippen LogP) is 5.93. The van der Waals surface area contributed by atoms with Crippen molar-refractivity contribution in [2.75, 3.05) is 6.61 Å². The van der Waals surface area contributed by atoms with Crippen LogP contribution in [-0.4, -0.2) is 18.5 Å². The minimum atomic E-state index is -0.753. The monoisotopic (exact) mass is 506 g/mol. The molecule has 0 radical (unpaired) electrons. The third kappa shape index (κ3) is 4.73. The quantitative estimate of drug-likeness (QED) is 0.246. The summed E-state index contributed by atoms with van der Waals surface area (Å²) in [6, 6.07) is 18.4. The highest BCUT2D eigenvalue weighted by atomic mass is 79.9. The van der Waals surface area contributed by atoms with Gasteiger partial charge in [0.25, 0.3) is 0 Å². The number of benzene rings is 3. The molecular weight excluding hydrogens is 488 g/mol. The van der Waals surface area contributed by atoms with Crippen molar-refractivity contribution in [1.82, 2.24) is 0 Å². The van der Waals surface area contributed by atoms with Gasteiger partial charge in [-0.1, -0.05) is 45.8 Å². The summed E-state index contributed by atoms with van der Waals surface area (Å²) in [5.74, 6) is -1.33. The average Bonchev–Trinajstić information content (AvgIpc) is 2.80. The van der Waals surface area contributed by atoms with Crippen molar-refractivity contribution >= 4 is 38.8 Å². The van der Waals surface area contributed by atoms with Crippen LogP contribution in [0.3, 0.4) is 0 Å². The maximum absolute atomic E-state index is 13.3. The maximum atomic E-state index is 13.3. The normalized spacial score (nSPS) is 10.8. The van der Waals surface area contributed by atoms with Crippen molar-refractivity contribution in [2.45, 2.75) is 13.8 Å². The van der Waals surface area contributed by atoms with Crippen LogP contribution in [-0.2, 0) is 4.74 Å². The zero-order valence-corrected chi connectivity index (χ0v) is 19.5. The van der Waals surface area contributed by atoms with Crippen molar-refractivity contribution in [2.24, 2.45) is 0 Å². The molecule has 6 nitrogen and oxygen atoms in total. The largest absolute Gasteiger partial charge is 0.460 e. The van der Waals surface area contributed by atoms with E-state index in [9.17, 15) is 14.4 Å². The van der Waals surface area contributed by atoms with E-state index in [1.54, 1.807) is 43.3 Å². The number of rotatable bonds is 5. The molecule has 0 aliphatic carbocycles. The van der Waals surface area contributed by atoms with Crippen molar-refractivity contribution < 1.29 is 23.5 Å². The highest BCUT2D eigenvalue weighted by molar-refractivity contribution is 9.10. The Balaban J connectivity index is 1.80. The summed E-state index contributed by atoms with van der Waals surface area (Å²) in [7, 11) is 0. The highest BCUT2D eigenvalue weighted by Gasteiger charge is 2.23. The number of ether oxygens (including phenoxy) is 2. The smallest absolute Gasteiger partial charge is 0.375 e. The first-order valence-corrected chi connectivity index (χ1v) is 11.0. The summed E-state index contributed by atoms with van der Waals surface area (Å²) in [4.78, 5) is 38.4. The van der Waals surface area contributed by atoms with E-state index in [1.165, 1.54) is 18.2 Å². The Kier molecular flexibility index (Phi) is 6.42. The fourth-order valence-corrected chi connectivity index (χ4v) is 3.58. The van der Waals surface area contributed by atoms with Gasteiger partial charge in [0.15, 0.2) is 0 Å². The zero-order chi connectivity index (χ0) is 23.5. The van der Waals surface area contributed by atoms with Gasteiger partial charge in [-0.3, -0.25) is 4.79 Å². The third-order valence-corrected chi connectivity index (χ3v) is 5.48. The number of hydrogen-bond donors (Lipinski definition) is 0. The van der Waals surface area contributed by atoms with Crippen LogP contribution < -0.4 is 10.2 Å². The van der Waals surface area contributed by atoms with Gasteiger partial charge < -0.3 is 13.9 Å². The lowest BCUT2D eigenvalue weighted by atomic mass is 10.0. The summed E-state index contributed by atoms with van der Waals surface area (Å²) in [5, 5.41) is 0.246. The first-order chi connectivity index (χ1) is 15.9. The van der Waals surface area contributed by atoms with Crippen molar-refractivity contribution in [1.29, 1.82) is 0 Å². The molecule has 0 N–H and O–H groups in total. The van der Waals surface area contributed by atoms with Crippen molar-refractivity contribution in [3.8, 4) is 16.9 Å². The molecule has 0 saturated carbocycles. The summed E-state index contributed by atoms with van der Waals surface area (Å²) < 4.78 is 17.2. The summed E-state index contributed by atoms with van der Waals surface area (Å²) >= 11 is 3.36. The average molecular weight is 507 g/mol.